The molecule has 2 heterocycles. The second-order valence-corrected chi connectivity index (χ2v) is 11.7. The SMILES string of the molecule is Cc1cccc(CSc2nnc(NC(=O)c3ccc(S(=O)(=O)c4ccc(Br)cc4)o3)s2)c1. The van der Waals surface area contributed by atoms with Crippen molar-refractivity contribution >= 4 is 59.9 Å². The highest BCUT2D eigenvalue weighted by Gasteiger charge is 2.24. The highest BCUT2D eigenvalue weighted by Crippen LogP contribution is 2.29. The van der Waals surface area contributed by atoms with Gasteiger partial charge in [0.25, 0.3) is 5.91 Å². The van der Waals surface area contributed by atoms with Gasteiger partial charge in [-0.25, -0.2) is 8.42 Å². The highest BCUT2D eigenvalue weighted by molar-refractivity contribution is 9.10. The van der Waals surface area contributed by atoms with Crippen LogP contribution in [0.2, 0.25) is 0 Å². The van der Waals surface area contributed by atoms with Crippen LogP contribution in [0.3, 0.4) is 0 Å². The van der Waals surface area contributed by atoms with Gasteiger partial charge in [-0.3, -0.25) is 10.1 Å². The Morgan fingerprint density at radius 1 is 1.12 bits per heavy atom. The molecule has 0 aliphatic heterocycles. The topological polar surface area (TPSA) is 102 Å². The van der Waals surface area contributed by atoms with Crippen molar-refractivity contribution in [2.45, 2.75) is 27.0 Å². The standard InChI is InChI=1S/C21H16BrN3O4S3/c1-13-3-2-4-14(11-13)12-30-21-25-24-20(31-21)23-19(26)17-9-10-18(29-17)32(27,28)16-7-5-15(22)6-8-16/h2-11H,12H2,1H3,(H,23,24,26). The highest BCUT2D eigenvalue weighted by atomic mass is 79.9. The molecule has 0 fully saturated rings. The Bertz CT molecular complexity index is 1360. The third-order valence-electron chi connectivity index (χ3n) is 4.27. The van der Waals surface area contributed by atoms with E-state index < -0.39 is 15.7 Å². The van der Waals surface area contributed by atoms with Crippen molar-refractivity contribution in [2.75, 3.05) is 5.32 Å². The van der Waals surface area contributed by atoms with Gasteiger partial charge in [-0.1, -0.05) is 68.9 Å². The fraction of sp³-hybridized carbons (Fsp3) is 0.0952. The number of anilines is 1. The number of sulfone groups is 1. The third-order valence-corrected chi connectivity index (χ3v) is 8.48. The second kappa shape index (κ2) is 9.57. The first kappa shape index (κ1) is 22.7. The molecule has 1 N–H and O–H groups in total. The van der Waals surface area contributed by atoms with E-state index in [9.17, 15) is 13.2 Å². The Kier molecular flexibility index (Phi) is 6.79. The van der Waals surface area contributed by atoms with E-state index >= 15 is 0 Å². The molecular formula is C21H16BrN3O4S3. The molecule has 0 saturated heterocycles. The van der Waals surface area contributed by atoms with E-state index in [1.165, 1.54) is 58.5 Å². The van der Waals surface area contributed by atoms with Crippen LogP contribution in [0, 0.1) is 6.92 Å². The average molecular weight is 550 g/mol. The number of rotatable bonds is 7. The van der Waals surface area contributed by atoms with Crippen LogP contribution in [-0.2, 0) is 15.6 Å². The van der Waals surface area contributed by atoms with Gasteiger partial charge in [0.05, 0.1) is 4.90 Å². The molecule has 11 heteroatoms. The van der Waals surface area contributed by atoms with Gasteiger partial charge < -0.3 is 4.42 Å². The van der Waals surface area contributed by atoms with E-state index in [-0.39, 0.29) is 15.7 Å². The Labute approximate surface area is 201 Å². The maximum absolute atomic E-state index is 12.7. The second-order valence-electron chi connectivity index (χ2n) is 6.68. The van der Waals surface area contributed by atoms with Crippen LogP contribution in [0.5, 0.6) is 0 Å². The quantitative estimate of drug-likeness (QED) is 0.237. The number of hydrogen-bond donors (Lipinski definition) is 1. The lowest BCUT2D eigenvalue weighted by Crippen LogP contribution is -2.10. The summed E-state index contributed by atoms with van der Waals surface area (Å²) >= 11 is 6.02. The number of carbonyl (C=O) groups is 1. The molecule has 2 aromatic heterocycles. The number of thioether (sulfide) groups is 1. The van der Waals surface area contributed by atoms with Gasteiger partial charge in [-0.05, 0) is 48.9 Å². The van der Waals surface area contributed by atoms with Gasteiger partial charge in [0, 0.05) is 10.2 Å². The molecule has 0 bridgehead atoms. The molecule has 2 aromatic carbocycles. The van der Waals surface area contributed by atoms with Crippen LogP contribution < -0.4 is 5.32 Å². The van der Waals surface area contributed by atoms with Crippen molar-refractivity contribution in [1.82, 2.24) is 10.2 Å². The van der Waals surface area contributed by atoms with Crippen molar-refractivity contribution < 1.29 is 17.6 Å². The van der Waals surface area contributed by atoms with E-state index in [1.54, 1.807) is 12.1 Å². The summed E-state index contributed by atoms with van der Waals surface area (Å²) in [6, 6.07) is 16.9. The van der Waals surface area contributed by atoms with E-state index in [4.69, 9.17) is 4.42 Å². The summed E-state index contributed by atoms with van der Waals surface area (Å²) in [6.45, 7) is 2.04. The normalized spacial score (nSPS) is 11.4. The molecule has 0 saturated carbocycles. The fourth-order valence-corrected chi connectivity index (χ4v) is 5.87. The molecule has 4 rings (SSSR count). The monoisotopic (exact) mass is 549 g/mol. The van der Waals surface area contributed by atoms with E-state index in [2.05, 4.69) is 37.5 Å². The number of benzene rings is 2. The van der Waals surface area contributed by atoms with Gasteiger partial charge >= 0.3 is 0 Å². The molecule has 32 heavy (non-hydrogen) atoms. The lowest BCUT2D eigenvalue weighted by molar-refractivity contribution is 0.0991. The minimum Gasteiger partial charge on any atom is -0.439 e. The summed E-state index contributed by atoms with van der Waals surface area (Å²) in [4.78, 5) is 12.6. The summed E-state index contributed by atoms with van der Waals surface area (Å²) in [6.07, 6.45) is 0. The summed E-state index contributed by atoms with van der Waals surface area (Å²) in [7, 11) is -3.87. The van der Waals surface area contributed by atoms with Crippen LogP contribution in [0.15, 0.2) is 83.9 Å². The number of aromatic nitrogens is 2. The summed E-state index contributed by atoms with van der Waals surface area (Å²) < 4.78 is 32.2. The molecule has 0 radical (unpaired) electrons. The number of nitrogens with one attached hydrogen (secondary N) is 1. The van der Waals surface area contributed by atoms with Gasteiger partial charge in [0.1, 0.15) is 0 Å². The van der Waals surface area contributed by atoms with Crippen molar-refractivity contribution in [3.8, 4) is 0 Å². The van der Waals surface area contributed by atoms with Crippen LogP contribution in [0.25, 0.3) is 0 Å². The van der Waals surface area contributed by atoms with E-state index in [1.807, 2.05) is 25.1 Å². The number of nitrogens with zero attached hydrogens (tertiary/aromatic N) is 2. The maximum Gasteiger partial charge on any atom is 0.293 e. The van der Waals surface area contributed by atoms with Gasteiger partial charge in [0.2, 0.25) is 20.1 Å². The minimum atomic E-state index is -3.87. The lowest BCUT2D eigenvalue weighted by atomic mass is 10.2. The number of furan rings is 1. The largest absolute Gasteiger partial charge is 0.439 e. The minimum absolute atomic E-state index is 0.0707. The molecule has 164 valence electrons. The number of carbonyl (C=O) groups excluding carboxylic acids is 1. The predicted octanol–water partition coefficient (Wildman–Crippen LogP) is 5.58. The Morgan fingerprint density at radius 3 is 2.66 bits per heavy atom. The Morgan fingerprint density at radius 2 is 1.91 bits per heavy atom. The lowest BCUT2D eigenvalue weighted by Gasteiger charge is -2.01. The van der Waals surface area contributed by atoms with Crippen LogP contribution in [-0.4, -0.2) is 24.5 Å². The molecule has 7 nitrogen and oxygen atoms in total. The Hall–Kier alpha value is -2.47. The maximum atomic E-state index is 12.7. The number of aryl methyl sites for hydroxylation is 1. The molecule has 0 atom stereocenters. The molecule has 0 aliphatic rings. The fourth-order valence-electron chi connectivity index (χ4n) is 2.74. The van der Waals surface area contributed by atoms with Gasteiger partial charge in [-0.2, -0.15) is 0 Å². The molecule has 0 spiro atoms. The number of hydrogen-bond acceptors (Lipinski definition) is 8. The molecule has 1 amide bonds. The zero-order valence-electron chi connectivity index (χ0n) is 16.6. The first-order valence-corrected chi connectivity index (χ1v) is 13.3. The van der Waals surface area contributed by atoms with E-state index in [0.29, 0.717) is 9.47 Å². The van der Waals surface area contributed by atoms with Crippen LogP contribution in [0.1, 0.15) is 21.7 Å². The van der Waals surface area contributed by atoms with Crippen LogP contribution in [0.4, 0.5) is 5.13 Å². The first-order chi connectivity index (χ1) is 15.3. The van der Waals surface area contributed by atoms with Crippen molar-refractivity contribution in [3.05, 3.63) is 82.0 Å². The number of halogens is 1. The molecule has 4 aromatic rings. The van der Waals surface area contributed by atoms with Crippen molar-refractivity contribution in [3.63, 3.8) is 0 Å². The summed E-state index contributed by atoms with van der Waals surface area (Å²) in [5, 5.41) is 10.6. The Balaban J connectivity index is 1.41. The molecule has 0 unspecified atom stereocenters. The van der Waals surface area contributed by atoms with Crippen LogP contribution >= 0.6 is 39.0 Å². The molecular weight excluding hydrogens is 534 g/mol. The number of amides is 1. The zero-order chi connectivity index (χ0) is 22.7. The van der Waals surface area contributed by atoms with Crippen molar-refractivity contribution in [1.29, 1.82) is 0 Å². The van der Waals surface area contributed by atoms with Gasteiger partial charge in [-0.15, -0.1) is 10.2 Å². The van der Waals surface area contributed by atoms with E-state index in [0.717, 1.165) is 10.2 Å². The van der Waals surface area contributed by atoms with Gasteiger partial charge in [0.15, 0.2) is 10.1 Å². The first-order valence-electron chi connectivity index (χ1n) is 9.25. The summed E-state index contributed by atoms with van der Waals surface area (Å²) in [5.41, 5.74) is 2.36. The zero-order valence-corrected chi connectivity index (χ0v) is 20.6. The third kappa shape index (κ3) is 5.29. The molecule has 0 aliphatic carbocycles. The average Bonchev–Trinajstić information content (AvgIpc) is 3.43. The summed E-state index contributed by atoms with van der Waals surface area (Å²) in [5.74, 6) is -0.00167. The van der Waals surface area contributed by atoms with Crippen molar-refractivity contribution in [2.24, 2.45) is 0 Å². The smallest absolute Gasteiger partial charge is 0.293 e. The predicted molar refractivity (Wildman–Crippen MR) is 127 cm³/mol.